The Balaban J connectivity index is 1.48. The molecule has 2 N–H and O–H groups in total. The van der Waals surface area contributed by atoms with Crippen LogP contribution in [0.4, 0.5) is 0 Å². The van der Waals surface area contributed by atoms with E-state index in [0.29, 0.717) is 6.61 Å². The number of aliphatic hydroxyl groups excluding tert-OH is 1. The van der Waals surface area contributed by atoms with Gasteiger partial charge in [-0.1, -0.05) is 60.7 Å². The van der Waals surface area contributed by atoms with Gasteiger partial charge in [0.2, 0.25) is 5.91 Å². The largest absolute Gasteiger partial charge is 0.388 e. The van der Waals surface area contributed by atoms with Crippen LogP contribution in [0.3, 0.4) is 0 Å². The van der Waals surface area contributed by atoms with E-state index >= 15 is 0 Å². The number of hydrogen-bond acceptors (Lipinski definition) is 6. The van der Waals surface area contributed by atoms with Crippen molar-refractivity contribution in [2.75, 3.05) is 6.61 Å². The van der Waals surface area contributed by atoms with Gasteiger partial charge in [0, 0.05) is 12.5 Å². The van der Waals surface area contributed by atoms with E-state index in [0.717, 1.165) is 11.1 Å². The minimum Gasteiger partial charge on any atom is -0.388 e. The van der Waals surface area contributed by atoms with E-state index in [9.17, 15) is 9.90 Å². The number of carbonyl (C=O) groups is 1. The lowest BCUT2D eigenvalue weighted by atomic mass is 9.95. The lowest BCUT2D eigenvalue weighted by Crippen LogP contribution is -2.66. The fourth-order valence-corrected chi connectivity index (χ4v) is 3.65. The molecule has 29 heavy (non-hydrogen) atoms. The summed E-state index contributed by atoms with van der Waals surface area (Å²) in [5, 5.41) is 13.7. The molecule has 2 aromatic carbocycles. The molecule has 2 aliphatic rings. The molecule has 0 spiro atoms. The fraction of sp³-hybridized carbons (Fsp3) is 0.409. The van der Waals surface area contributed by atoms with Crippen molar-refractivity contribution in [3.63, 3.8) is 0 Å². The first-order chi connectivity index (χ1) is 14.1. The molecule has 0 aromatic heterocycles. The number of hydrogen-bond donors (Lipinski definition) is 2. The molecule has 7 heteroatoms. The van der Waals surface area contributed by atoms with Gasteiger partial charge in [-0.05, 0) is 5.56 Å². The van der Waals surface area contributed by atoms with Gasteiger partial charge >= 0.3 is 0 Å². The summed E-state index contributed by atoms with van der Waals surface area (Å²) in [5.41, 5.74) is 1.83. The summed E-state index contributed by atoms with van der Waals surface area (Å²) in [5.74, 6) is -0.281. The second kappa shape index (κ2) is 9.02. The molecule has 2 fully saturated rings. The molecule has 154 valence electrons. The molecular formula is C22H25NO6. The SMILES string of the molecule is CC(=O)N[C@@H]1[C@H](OCc2ccccc2)O[C@H]2COC(c3ccccc3)O[C@@H]2[C@@H]1O. The molecule has 0 radical (unpaired) electrons. The lowest BCUT2D eigenvalue weighted by Gasteiger charge is -2.47. The number of carbonyl (C=O) groups excluding carboxylic acids is 1. The first-order valence-corrected chi connectivity index (χ1v) is 9.70. The van der Waals surface area contributed by atoms with Crippen molar-refractivity contribution in [2.45, 2.75) is 50.5 Å². The maximum Gasteiger partial charge on any atom is 0.217 e. The van der Waals surface area contributed by atoms with Gasteiger partial charge in [0.25, 0.3) is 0 Å². The van der Waals surface area contributed by atoms with E-state index in [2.05, 4.69) is 5.32 Å². The number of nitrogens with one attached hydrogen (secondary N) is 1. The summed E-state index contributed by atoms with van der Waals surface area (Å²) in [4.78, 5) is 11.7. The van der Waals surface area contributed by atoms with Crippen LogP contribution in [0.5, 0.6) is 0 Å². The van der Waals surface area contributed by atoms with Gasteiger partial charge in [0.15, 0.2) is 12.6 Å². The Bertz CT molecular complexity index is 801. The second-order valence-electron chi connectivity index (χ2n) is 7.23. The Hall–Kier alpha value is -2.29. The molecule has 4 rings (SSSR count). The summed E-state index contributed by atoms with van der Waals surface area (Å²) in [6.45, 7) is 1.93. The average Bonchev–Trinajstić information content (AvgIpc) is 2.75. The van der Waals surface area contributed by atoms with E-state index < -0.39 is 36.9 Å². The van der Waals surface area contributed by atoms with Crippen molar-refractivity contribution in [1.82, 2.24) is 5.32 Å². The Morgan fingerprint density at radius 2 is 1.79 bits per heavy atom. The van der Waals surface area contributed by atoms with Gasteiger partial charge < -0.3 is 29.4 Å². The molecule has 7 nitrogen and oxygen atoms in total. The van der Waals surface area contributed by atoms with Gasteiger partial charge in [-0.15, -0.1) is 0 Å². The summed E-state index contributed by atoms with van der Waals surface area (Å²) in [6.07, 6.45) is -3.59. The predicted molar refractivity (Wildman–Crippen MR) is 104 cm³/mol. The van der Waals surface area contributed by atoms with E-state index in [1.54, 1.807) is 0 Å². The maximum atomic E-state index is 11.7. The van der Waals surface area contributed by atoms with Crippen LogP contribution in [0.1, 0.15) is 24.3 Å². The Kier molecular flexibility index (Phi) is 6.22. The zero-order chi connectivity index (χ0) is 20.2. The number of amides is 1. The third kappa shape index (κ3) is 4.66. The van der Waals surface area contributed by atoms with Crippen molar-refractivity contribution in [1.29, 1.82) is 0 Å². The summed E-state index contributed by atoms with van der Waals surface area (Å²) in [7, 11) is 0. The monoisotopic (exact) mass is 399 g/mol. The Morgan fingerprint density at radius 1 is 1.10 bits per heavy atom. The minimum atomic E-state index is -1.01. The molecule has 2 saturated heterocycles. The van der Waals surface area contributed by atoms with Gasteiger partial charge in [-0.2, -0.15) is 0 Å². The summed E-state index contributed by atoms with van der Waals surface area (Å²) in [6, 6.07) is 18.4. The molecule has 0 saturated carbocycles. The smallest absolute Gasteiger partial charge is 0.217 e. The van der Waals surface area contributed by atoms with Crippen LogP contribution in [-0.2, 0) is 30.3 Å². The molecular weight excluding hydrogens is 374 g/mol. The van der Waals surface area contributed by atoms with Crippen molar-refractivity contribution < 1.29 is 28.8 Å². The molecule has 6 atom stereocenters. The quantitative estimate of drug-likeness (QED) is 0.799. The van der Waals surface area contributed by atoms with Crippen LogP contribution in [0, 0.1) is 0 Å². The van der Waals surface area contributed by atoms with Crippen molar-refractivity contribution >= 4 is 5.91 Å². The Labute approximate surface area is 169 Å². The standard InChI is InChI=1S/C22H25NO6/c1-14(24)23-18-19(25)20-17(13-27-21(29-20)16-10-6-3-7-11-16)28-22(18)26-12-15-8-4-2-5-9-15/h2-11,17-22,25H,12-13H2,1H3,(H,23,24)/t17-,18-,19+,20-,21?,22+/m0/s1. The molecule has 1 amide bonds. The maximum absolute atomic E-state index is 11.7. The van der Waals surface area contributed by atoms with Gasteiger partial charge in [-0.25, -0.2) is 0 Å². The van der Waals surface area contributed by atoms with Crippen LogP contribution < -0.4 is 5.32 Å². The minimum absolute atomic E-state index is 0.249. The van der Waals surface area contributed by atoms with Crippen LogP contribution in [0.25, 0.3) is 0 Å². The lowest BCUT2D eigenvalue weighted by molar-refractivity contribution is -0.345. The first kappa shape index (κ1) is 20.0. The van der Waals surface area contributed by atoms with Gasteiger partial charge in [0.05, 0.1) is 13.2 Å². The number of benzene rings is 2. The van der Waals surface area contributed by atoms with Crippen molar-refractivity contribution in [3.8, 4) is 0 Å². The number of aliphatic hydroxyl groups is 1. The Morgan fingerprint density at radius 3 is 2.48 bits per heavy atom. The van der Waals surface area contributed by atoms with Crippen LogP contribution >= 0.6 is 0 Å². The van der Waals surface area contributed by atoms with Crippen LogP contribution in [-0.4, -0.2) is 48.3 Å². The summed E-state index contributed by atoms with van der Waals surface area (Å²) >= 11 is 0. The summed E-state index contributed by atoms with van der Waals surface area (Å²) < 4.78 is 23.8. The highest BCUT2D eigenvalue weighted by Gasteiger charge is 2.50. The highest BCUT2D eigenvalue weighted by molar-refractivity contribution is 5.73. The number of fused-ring (bicyclic) bond motifs is 1. The van der Waals surface area contributed by atoms with Crippen molar-refractivity contribution in [2.24, 2.45) is 0 Å². The highest BCUT2D eigenvalue weighted by atomic mass is 16.7. The molecule has 1 unspecified atom stereocenters. The third-order valence-corrected chi connectivity index (χ3v) is 5.06. The fourth-order valence-electron chi connectivity index (χ4n) is 3.65. The van der Waals surface area contributed by atoms with Crippen LogP contribution in [0.15, 0.2) is 60.7 Å². The third-order valence-electron chi connectivity index (χ3n) is 5.06. The highest BCUT2D eigenvalue weighted by Crippen LogP contribution is 2.34. The molecule has 2 aromatic rings. The average molecular weight is 399 g/mol. The van der Waals surface area contributed by atoms with Crippen molar-refractivity contribution in [3.05, 3.63) is 71.8 Å². The zero-order valence-corrected chi connectivity index (χ0v) is 16.1. The zero-order valence-electron chi connectivity index (χ0n) is 16.1. The normalized spacial score (nSPS) is 31.7. The van der Waals surface area contributed by atoms with Crippen LogP contribution in [0.2, 0.25) is 0 Å². The van der Waals surface area contributed by atoms with Gasteiger partial charge in [0.1, 0.15) is 24.4 Å². The molecule has 0 aliphatic carbocycles. The molecule has 0 bridgehead atoms. The topological polar surface area (TPSA) is 86.3 Å². The van der Waals surface area contributed by atoms with E-state index in [1.807, 2.05) is 60.7 Å². The van der Waals surface area contributed by atoms with Gasteiger partial charge in [-0.3, -0.25) is 4.79 Å². The first-order valence-electron chi connectivity index (χ1n) is 9.70. The number of ether oxygens (including phenoxy) is 4. The number of rotatable bonds is 5. The van der Waals surface area contributed by atoms with E-state index in [4.69, 9.17) is 18.9 Å². The second-order valence-corrected chi connectivity index (χ2v) is 7.23. The molecule has 2 heterocycles. The van der Waals surface area contributed by atoms with E-state index in [-0.39, 0.29) is 12.5 Å². The van der Waals surface area contributed by atoms with E-state index in [1.165, 1.54) is 6.92 Å². The predicted octanol–water partition coefficient (Wildman–Crippen LogP) is 1.91. The molecule has 2 aliphatic heterocycles.